The van der Waals surface area contributed by atoms with E-state index in [0.717, 1.165) is 22.6 Å². The molecule has 0 radical (unpaired) electrons. The van der Waals surface area contributed by atoms with E-state index in [-0.39, 0.29) is 0 Å². The molecule has 0 bridgehead atoms. The number of aryl methyl sites for hydroxylation is 1. The number of nitrogen functional groups attached to an aromatic ring is 1. The van der Waals surface area contributed by atoms with Gasteiger partial charge in [0.15, 0.2) is 5.82 Å². The highest BCUT2D eigenvalue weighted by molar-refractivity contribution is 5.75. The number of anilines is 1. The second-order valence-electron chi connectivity index (χ2n) is 4.77. The SMILES string of the molecule is COc1ccccc1-c1nnn(-c2cccc(C)c2)c1N. The number of methoxy groups -OCH3 is 1. The fraction of sp³-hybridized carbons (Fsp3) is 0.125. The molecule has 0 fully saturated rings. The average molecular weight is 280 g/mol. The summed E-state index contributed by atoms with van der Waals surface area (Å²) in [4.78, 5) is 0. The minimum absolute atomic E-state index is 0.491. The van der Waals surface area contributed by atoms with Crippen molar-refractivity contribution in [2.45, 2.75) is 6.92 Å². The molecule has 0 aliphatic carbocycles. The normalized spacial score (nSPS) is 10.6. The van der Waals surface area contributed by atoms with E-state index in [1.54, 1.807) is 11.8 Å². The summed E-state index contributed by atoms with van der Waals surface area (Å²) in [5.41, 5.74) is 9.70. The van der Waals surface area contributed by atoms with E-state index in [2.05, 4.69) is 10.3 Å². The Kier molecular flexibility index (Phi) is 3.31. The van der Waals surface area contributed by atoms with Crippen molar-refractivity contribution in [2.75, 3.05) is 12.8 Å². The first-order chi connectivity index (χ1) is 10.2. The van der Waals surface area contributed by atoms with Crippen LogP contribution in [0.1, 0.15) is 5.56 Å². The molecule has 2 aromatic carbocycles. The molecule has 0 aliphatic heterocycles. The van der Waals surface area contributed by atoms with Gasteiger partial charge in [-0.25, -0.2) is 0 Å². The van der Waals surface area contributed by atoms with Crippen LogP contribution in [0, 0.1) is 6.92 Å². The number of nitrogens with two attached hydrogens (primary N) is 1. The number of benzene rings is 2. The fourth-order valence-electron chi connectivity index (χ4n) is 2.27. The number of para-hydroxylation sites is 1. The highest BCUT2D eigenvalue weighted by atomic mass is 16.5. The molecule has 5 nitrogen and oxygen atoms in total. The lowest BCUT2D eigenvalue weighted by Gasteiger charge is -2.07. The Morgan fingerprint density at radius 1 is 1.10 bits per heavy atom. The number of hydrogen-bond donors (Lipinski definition) is 1. The quantitative estimate of drug-likeness (QED) is 0.801. The molecule has 0 atom stereocenters. The summed E-state index contributed by atoms with van der Waals surface area (Å²) in [7, 11) is 1.63. The largest absolute Gasteiger partial charge is 0.496 e. The molecule has 2 N–H and O–H groups in total. The van der Waals surface area contributed by atoms with Crippen molar-refractivity contribution in [1.29, 1.82) is 0 Å². The number of ether oxygens (including phenoxy) is 1. The maximum Gasteiger partial charge on any atom is 0.156 e. The van der Waals surface area contributed by atoms with Crippen LogP contribution in [-0.2, 0) is 0 Å². The van der Waals surface area contributed by atoms with E-state index in [0.29, 0.717) is 11.5 Å². The fourth-order valence-corrected chi connectivity index (χ4v) is 2.27. The summed E-state index contributed by atoms with van der Waals surface area (Å²) < 4.78 is 6.99. The van der Waals surface area contributed by atoms with E-state index in [1.807, 2.05) is 55.5 Å². The highest BCUT2D eigenvalue weighted by Gasteiger charge is 2.16. The van der Waals surface area contributed by atoms with Gasteiger partial charge in [-0.1, -0.05) is 29.5 Å². The number of aromatic nitrogens is 3. The summed E-state index contributed by atoms with van der Waals surface area (Å²) in [6.45, 7) is 2.03. The zero-order chi connectivity index (χ0) is 14.8. The maximum absolute atomic E-state index is 6.22. The number of rotatable bonds is 3. The smallest absolute Gasteiger partial charge is 0.156 e. The topological polar surface area (TPSA) is 66.0 Å². The Hall–Kier alpha value is -2.82. The highest BCUT2D eigenvalue weighted by Crippen LogP contribution is 2.32. The molecule has 1 aromatic heterocycles. The third kappa shape index (κ3) is 2.33. The minimum Gasteiger partial charge on any atom is -0.496 e. The Balaban J connectivity index is 2.11. The van der Waals surface area contributed by atoms with Crippen molar-refractivity contribution in [3.8, 4) is 22.7 Å². The third-order valence-electron chi connectivity index (χ3n) is 3.31. The van der Waals surface area contributed by atoms with Crippen LogP contribution in [0.3, 0.4) is 0 Å². The van der Waals surface area contributed by atoms with E-state index in [1.165, 1.54) is 0 Å². The van der Waals surface area contributed by atoms with Gasteiger partial charge in [-0.2, -0.15) is 4.68 Å². The van der Waals surface area contributed by atoms with E-state index in [4.69, 9.17) is 10.5 Å². The predicted octanol–water partition coefficient (Wildman–Crippen LogP) is 2.83. The molecule has 3 aromatic rings. The standard InChI is InChI=1S/C16H16N4O/c1-11-6-5-7-12(10-11)20-16(17)15(18-19-20)13-8-3-4-9-14(13)21-2/h3-10H,17H2,1-2H3. The van der Waals surface area contributed by atoms with Crippen LogP contribution >= 0.6 is 0 Å². The van der Waals surface area contributed by atoms with Gasteiger partial charge in [0.2, 0.25) is 0 Å². The zero-order valence-corrected chi connectivity index (χ0v) is 11.9. The molecule has 0 saturated carbocycles. The molecule has 1 heterocycles. The first-order valence-electron chi connectivity index (χ1n) is 6.62. The maximum atomic E-state index is 6.22. The van der Waals surface area contributed by atoms with Crippen molar-refractivity contribution in [3.63, 3.8) is 0 Å². The van der Waals surface area contributed by atoms with Gasteiger partial charge in [-0.3, -0.25) is 0 Å². The lowest BCUT2D eigenvalue weighted by Crippen LogP contribution is -2.02. The Bertz CT molecular complexity index is 779. The average Bonchev–Trinajstić information content (AvgIpc) is 2.89. The summed E-state index contributed by atoms with van der Waals surface area (Å²) in [6, 6.07) is 15.6. The van der Waals surface area contributed by atoms with Crippen LogP contribution in [0.5, 0.6) is 5.75 Å². The van der Waals surface area contributed by atoms with Gasteiger partial charge in [-0.05, 0) is 36.8 Å². The van der Waals surface area contributed by atoms with Crippen molar-refractivity contribution in [2.24, 2.45) is 0 Å². The zero-order valence-electron chi connectivity index (χ0n) is 11.9. The second kappa shape index (κ2) is 5.28. The van der Waals surface area contributed by atoms with Crippen LogP contribution in [0.2, 0.25) is 0 Å². The van der Waals surface area contributed by atoms with E-state index >= 15 is 0 Å². The van der Waals surface area contributed by atoms with E-state index < -0.39 is 0 Å². The number of nitrogens with zero attached hydrogens (tertiary/aromatic N) is 3. The Labute approximate surface area is 123 Å². The molecule has 0 unspecified atom stereocenters. The van der Waals surface area contributed by atoms with Gasteiger partial charge >= 0.3 is 0 Å². The molecule has 0 amide bonds. The molecule has 0 aliphatic rings. The summed E-state index contributed by atoms with van der Waals surface area (Å²) in [5.74, 6) is 1.21. The van der Waals surface area contributed by atoms with Crippen LogP contribution in [0.15, 0.2) is 48.5 Å². The van der Waals surface area contributed by atoms with Crippen molar-refractivity contribution < 1.29 is 4.74 Å². The first-order valence-corrected chi connectivity index (χ1v) is 6.62. The summed E-state index contributed by atoms with van der Waals surface area (Å²) in [6.07, 6.45) is 0. The number of hydrogen-bond acceptors (Lipinski definition) is 4. The van der Waals surface area contributed by atoms with Crippen LogP contribution in [0.4, 0.5) is 5.82 Å². The van der Waals surface area contributed by atoms with Crippen molar-refractivity contribution in [1.82, 2.24) is 15.0 Å². The van der Waals surface area contributed by atoms with Gasteiger partial charge in [0, 0.05) is 5.56 Å². The van der Waals surface area contributed by atoms with Gasteiger partial charge in [0.1, 0.15) is 11.4 Å². The Morgan fingerprint density at radius 3 is 2.67 bits per heavy atom. The third-order valence-corrected chi connectivity index (χ3v) is 3.31. The van der Waals surface area contributed by atoms with Crippen LogP contribution in [0.25, 0.3) is 16.9 Å². The molecule has 106 valence electrons. The van der Waals surface area contributed by atoms with Crippen molar-refractivity contribution in [3.05, 3.63) is 54.1 Å². The van der Waals surface area contributed by atoms with Gasteiger partial charge in [0.05, 0.1) is 12.8 Å². The minimum atomic E-state index is 0.491. The Morgan fingerprint density at radius 2 is 1.90 bits per heavy atom. The molecular formula is C16H16N4O. The van der Waals surface area contributed by atoms with Crippen molar-refractivity contribution >= 4 is 5.82 Å². The lowest BCUT2D eigenvalue weighted by molar-refractivity contribution is 0.416. The van der Waals surface area contributed by atoms with Crippen LogP contribution in [-0.4, -0.2) is 22.1 Å². The molecule has 3 rings (SSSR count). The molecule has 21 heavy (non-hydrogen) atoms. The van der Waals surface area contributed by atoms with Gasteiger partial charge in [-0.15, -0.1) is 5.10 Å². The van der Waals surface area contributed by atoms with Gasteiger partial charge < -0.3 is 10.5 Å². The lowest BCUT2D eigenvalue weighted by atomic mass is 10.1. The predicted molar refractivity (Wildman–Crippen MR) is 82.5 cm³/mol. The van der Waals surface area contributed by atoms with Crippen LogP contribution < -0.4 is 10.5 Å². The monoisotopic (exact) mass is 280 g/mol. The molecular weight excluding hydrogens is 264 g/mol. The van der Waals surface area contributed by atoms with Gasteiger partial charge in [0.25, 0.3) is 0 Å². The summed E-state index contributed by atoms with van der Waals surface area (Å²) in [5, 5.41) is 8.37. The molecule has 0 spiro atoms. The first kappa shape index (κ1) is 13.2. The molecule has 0 saturated heterocycles. The molecule has 5 heteroatoms. The second-order valence-corrected chi connectivity index (χ2v) is 4.77. The van der Waals surface area contributed by atoms with E-state index in [9.17, 15) is 0 Å². The summed E-state index contributed by atoms with van der Waals surface area (Å²) >= 11 is 0.